The maximum atomic E-state index is 11.0. The first-order chi connectivity index (χ1) is 6.54. The molecule has 7 nitrogen and oxygen atoms in total. The monoisotopic (exact) mass is 198 g/mol. The van der Waals surface area contributed by atoms with Crippen molar-refractivity contribution >= 4 is 11.0 Å². The molecule has 0 aliphatic carbocycles. The van der Waals surface area contributed by atoms with Gasteiger partial charge in [0.2, 0.25) is 0 Å². The number of nitrogens with zero attached hydrogens (tertiary/aromatic N) is 2. The molecule has 2 aromatic rings. The molecule has 1 aromatic heterocycles. The number of hydrogen-bond donors (Lipinski definition) is 4. The molecule has 0 atom stereocenters. The average molecular weight is 198 g/mol. The average Bonchev–Trinajstić information content (AvgIpc) is 2.38. The summed E-state index contributed by atoms with van der Waals surface area (Å²) < 4.78 is 0.0920. The number of phenolic OH excluding ortho intramolecular Hbond substituents is 2. The molecule has 0 fully saturated rings. The van der Waals surface area contributed by atoms with Crippen molar-refractivity contribution in [1.29, 1.82) is 0 Å². The van der Waals surface area contributed by atoms with Gasteiger partial charge in [-0.3, -0.25) is 0 Å². The first-order valence-corrected chi connectivity index (χ1v) is 3.61. The smallest absolute Gasteiger partial charge is 0.395 e. The fraction of sp³-hybridized carbons (Fsp3) is 0. The number of benzene rings is 1. The zero-order valence-corrected chi connectivity index (χ0v) is 6.75. The summed E-state index contributed by atoms with van der Waals surface area (Å²) in [4.78, 5) is 11.0. The van der Waals surface area contributed by atoms with Gasteiger partial charge in [0.05, 0.1) is 0 Å². The van der Waals surface area contributed by atoms with Gasteiger partial charge in [-0.1, -0.05) is 0 Å². The van der Waals surface area contributed by atoms with Crippen molar-refractivity contribution in [2.24, 2.45) is 0 Å². The van der Waals surface area contributed by atoms with Gasteiger partial charge in [0, 0.05) is 0 Å². The fourth-order valence-corrected chi connectivity index (χ4v) is 1.26. The van der Waals surface area contributed by atoms with Crippen molar-refractivity contribution in [3.63, 3.8) is 0 Å². The molecule has 0 radical (unpaired) electrons. The molecule has 1 heterocycles. The van der Waals surface area contributed by atoms with E-state index < -0.39 is 17.2 Å². The fourth-order valence-electron chi connectivity index (χ4n) is 1.26. The summed E-state index contributed by atoms with van der Waals surface area (Å²) in [5.41, 5.74) is -1.87. The minimum Gasteiger partial charge on any atom is -0.506 e. The molecule has 0 saturated heterocycles. The molecule has 4 N–H and O–H groups in total. The molecular weight excluding hydrogens is 192 g/mol. The lowest BCUT2D eigenvalue weighted by Gasteiger charge is -1.98. The molecule has 0 bridgehead atoms. The van der Waals surface area contributed by atoms with Crippen molar-refractivity contribution in [2.75, 3.05) is 0 Å². The van der Waals surface area contributed by atoms with Crippen LogP contribution < -0.4 is 5.69 Å². The number of aromatic nitrogens is 2. The molecule has 0 amide bonds. The Morgan fingerprint density at radius 3 is 1.64 bits per heavy atom. The highest BCUT2D eigenvalue weighted by Crippen LogP contribution is 2.29. The predicted molar refractivity (Wildman–Crippen MR) is 43.9 cm³/mol. The van der Waals surface area contributed by atoms with Crippen LogP contribution in [0.1, 0.15) is 0 Å². The lowest BCUT2D eigenvalue weighted by Crippen LogP contribution is -2.20. The molecule has 74 valence electrons. The van der Waals surface area contributed by atoms with Gasteiger partial charge in [-0.25, -0.2) is 4.79 Å². The van der Waals surface area contributed by atoms with Gasteiger partial charge in [-0.05, 0) is 12.1 Å². The maximum absolute atomic E-state index is 11.0. The Labute approximate surface area is 76.2 Å². The van der Waals surface area contributed by atoms with Crippen molar-refractivity contribution < 1.29 is 20.6 Å². The van der Waals surface area contributed by atoms with E-state index >= 15 is 0 Å². The minimum atomic E-state index is -1.17. The van der Waals surface area contributed by atoms with Gasteiger partial charge < -0.3 is 20.6 Å². The third-order valence-corrected chi connectivity index (χ3v) is 1.89. The molecule has 0 spiro atoms. The third kappa shape index (κ3) is 0.777. The lowest BCUT2D eigenvalue weighted by atomic mass is 10.3. The number of fused-ring (bicyclic) bond motifs is 1. The number of phenols is 2. The van der Waals surface area contributed by atoms with E-state index in [0.717, 1.165) is 12.1 Å². The molecule has 0 aliphatic rings. The van der Waals surface area contributed by atoms with Crippen LogP contribution in [-0.4, -0.2) is 30.1 Å². The molecular formula is C7H6N2O5. The Balaban J connectivity index is 3.16. The summed E-state index contributed by atoms with van der Waals surface area (Å²) in [7, 11) is 0. The van der Waals surface area contributed by atoms with E-state index in [2.05, 4.69) is 0 Å². The van der Waals surface area contributed by atoms with Gasteiger partial charge in [0.1, 0.15) is 11.5 Å². The summed E-state index contributed by atoms with van der Waals surface area (Å²) in [5, 5.41) is 36.8. The standard InChI is InChI=1S/C7H6N2O5/c10-3-1-2-4(11)6-5(3)8(13)7(12)9(6)14/h1-2,10-11,13-14H. The minimum absolute atomic E-state index is 0.0460. The largest absolute Gasteiger partial charge is 0.506 e. The molecule has 2 rings (SSSR count). The second-order valence-electron chi connectivity index (χ2n) is 2.71. The molecule has 0 saturated carbocycles. The highest BCUT2D eigenvalue weighted by atomic mass is 16.5. The Bertz CT molecular complexity index is 519. The van der Waals surface area contributed by atoms with E-state index in [4.69, 9.17) is 10.4 Å². The number of rotatable bonds is 0. The zero-order chi connectivity index (χ0) is 10.5. The molecule has 1 aromatic carbocycles. The van der Waals surface area contributed by atoms with Crippen LogP contribution in [0.3, 0.4) is 0 Å². The topological polar surface area (TPSA) is 108 Å². The van der Waals surface area contributed by atoms with Crippen LogP contribution in [0.15, 0.2) is 16.9 Å². The van der Waals surface area contributed by atoms with Crippen LogP contribution in [0.4, 0.5) is 0 Å². The molecule has 0 aliphatic heterocycles. The molecule has 7 heteroatoms. The second kappa shape index (κ2) is 2.34. The van der Waals surface area contributed by atoms with E-state index in [1.807, 2.05) is 0 Å². The summed E-state index contributed by atoms with van der Waals surface area (Å²) in [6.07, 6.45) is 0. The number of imidazole rings is 1. The predicted octanol–water partition coefficient (Wildman–Crippen LogP) is -0.311. The van der Waals surface area contributed by atoms with E-state index in [1.165, 1.54) is 0 Å². The Kier molecular flexibility index (Phi) is 1.39. The van der Waals surface area contributed by atoms with Crippen LogP contribution in [0.5, 0.6) is 11.5 Å². The van der Waals surface area contributed by atoms with Crippen LogP contribution in [0, 0.1) is 0 Å². The Hall–Kier alpha value is -2.31. The van der Waals surface area contributed by atoms with E-state index in [1.54, 1.807) is 0 Å². The highest BCUT2D eigenvalue weighted by Gasteiger charge is 2.18. The first kappa shape index (κ1) is 8.30. The molecule has 0 unspecified atom stereocenters. The van der Waals surface area contributed by atoms with Gasteiger partial charge >= 0.3 is 5.69 Å². The summed E-state index contributed by atoms with van der Waals surface area (Å²) in [6.45, 7) is 0. The third-order valence-electron chi connectivity index (χ3n) is 1.89. The highest BCUT2D eigenvalue weighted by molar-refractivity contribution is 5.87. The van der Waals surface area contributed by atoms with Gasteiger partial charge in [0.25, 0.3) is 0 Å². The first-order valence-electron chi connectivity index (χ1n) is 3.61. The van der Waals surface area contributed by atoms with Gasteiger partial charge in [0.15, 0.2) is 11.0 Å². The summed E-state index contributed by atoms with van der Waals surface area (Å²) >= 11 is 0. The van der Waals surface area contributed by atoms with Crippen LogP contribution in [0.25, 0.3) is 11.0 Å². The summed E-state index contributed by atoms with van der Waals surface area (Å²) in [6, 6.07) is 2.17. The van der Waals surface area contributed by atoms with Gasteiger partial charge in [-0.2, -0.15) is 0 Å². The quantitative estimate of drug-likeness (QED) is 0.343. The zero-order valence-electron chi connectivity index (χ0n) is 6.75. The van der Waals surface area contributed by atoms with Crippen molar-refractivity contribution in [1.82, 2.24) is 9.46 Å². The van der Waals surface area contributed by atoms with Crippen molar-refractivity contribution in [3.05, 3.63) is 22.6 Å². The molecule has 14 heavy (non-hydrogen) atoms. The van der Waals surface area contributed by atoms with Crippen LogP contribution in [0.2, 0.25) is 0 Å². The van der Waals surface area contributed by atoms with Crippen molar-refractivity contribution in [2.45, 2.75) is 0 Å². The van der Waals surface area contributed by atoms with Gasteiger partial charge in [-0.15, -0.1) is 9.46 Å². The second-order valence-corrected chi connectivity index (χ2v) is 2.71. The normalized spacial score (nSPS) is 10.9. The van der Waals surface area contributed by atoms with E-state index in [-0.39, 0.29) is 20.5 Å². The Morgan fingerprint density at radius 2 is 1.29 bits per heavy atom. The number of aromatic hydroxyl groups is 2. The van der Waals surface area contributed by atoms with Crippen molar-refractivity contribution in [3.8, 4) is 11.5 Å². The van der Waals surface area contributed by atoms with E-state index in [9.17, 15) is 15.0 Å². The maximum Gasteiger partial charge on any atom is 0.395 e. The van der Waals surface area contributed by atoms with Crippen LogP contribution >= 0.6 is 0 Å². The Morgan fingerprint density at radius 1 is 0.929 bits per heavy atom. The number of hydrogen-bond acceptors (Lipinski definition) is 5. The SMILES string of the molecule is O=c1n(O)c2c(O)ccc(O)c2n1O. The van der Waals surface area contributed by atoms with E-state index in [0.29, 0.717) is 0 Å². The lowest BCUT2D eigenvalue weighted by molar-refractivity contribution is 0.137. The van der Waals surface area contributed by atoms with Crippen LogP contribution in [-0.2, 0) is 0 Å². The summed E-state index contributed by atoms with van der Waals surface area (Å²) in [5.74, 6) is -0.851.